The van der Waals surface area contributed by atoms with Gasteiger partial charge in [-0.15, -0.1) is 0 Å². The molecule has 0 spiro atoms. The van der Waals surface area contributed by atoms with Crippen molar-refractivity contribution in [2.24, 2.45) is 0 Å². The van der Waals surface area contributed by atoms with Crippen molar-refractivity contribution in [2.75, 3.05) is 0 Å². The van der Waals surface area contributed by atoms with E-state index in [1.54, 1.807) is 6.07 Å². The number of nitrogens with zero attached hydrogens (tertiary/aromatic N) is 2. The molecule has 0 bridgehead atoms. The molecule has 0 atom stereocenters. The summed E-state index contributed by atoms with van der Waals surface area (Å²) in [5.41, 5.74) is 2.64. The Balaban J connectivity index is 1.38. The molecule has 158 valence electrons. The average Bonchev–Trinajstić information content (AvgIpc) is 3.43. The van der Waals surface area contributed by atoms with Crippen LogP contribution in [0.15, 0.2) is 53.1 Å². The van der Waals surface area contributed by atoms with Gasteiger partial charge in [0.15, 0.2) is 0 Å². The minimum absolute atomic E-state index is 0.0311. The Bertz CT molecular complexity index is 1280. The molecule has 1 aliphatic rings. The maximum Gasteiger partial charge on any atom is 0.468 e. The summed E-state index contributed by atoms with van der Waals surface area (Å²) < 4.78 is 57.4. The summed E-state index contributed by atoms with van der Waals surface area (Å²) in [5.74, 6) is -2.69. The zero-order chi connectivity index (χ0) is 21.8. The molecule has 3 heterocycles. The molecule has 2 aromatic carbocycles. The number of oxazole rings is 1. The quantitative estimate of drug-likeness (QED) is 0.463. The number of nitrogens with one attached hydrogen (secondary N) is 1. The summed E-state index contributed by atoms with van der Waals surface area (Å²) in [6, 6.07) is 12.1. The van der Waals surface area contributed by atoms with E-state index >= 15 is 0 Å². The molecule has 2 aromatic heterocycles. The second-order valence-electron chi connectivity index (χ2n) is 7.39. The number of aromatic amines is 1. The normalized spacial score (nSPS) is 13.7. The van der Waals surface area contributed by atoms with E-state index in [4.69, 9.17) is 4.42 Å². The SMILES string of the molecule is O=C(c1cc(Cc2cccc3[nH]ccc23)ccc1F)N1Cc2nc(C(F)(F)F)oc2C1. The van der Waals surface area contributed by atoms with Gasteiger partial charge < -0.3 is 14.3 Å². The van der Waals surface area contributed by atoms with Crippen LogP contribution in [0.4, 0.5) is 17.6 Å². The first-order chi connectivity index (χ1) is 14.8. The lowest BCUT2D eigenvalue weighted by atomic mass is 9.99. The van der Waals surface area contributed by atoms with Gasteiger partial charge in [-0.05, 0) is 41.8 Å². The van der Waals surface area contributed by atoms with Gasteiger partial charge in [-0.25, -0.2) is 9.37 Å². The first kappa shape index (κ1) is 19.3. The van der Waals surface area contributed by atoms with E-state index in [1.807, 2.05) is 30.5 Å². The van der Waals surface area contributed by atoms with Gasteiger partial charge in [0.2, 0.25) is 0 Å². The molecule has 1 N–H and O–H groups in total. The second-order valence-corrected chi connectivity index (χ2v) is 7.39. The van der Waals surface area contributed by atoms with Crippen LogP contribution >= 0.6 is 0 Å². The number of amides is 1. The van der Waals surface area contributed by atoms with E-state index in [0.717, 1.165) is 22.0 Å². The third-order valence-corrected chi connectivity index (χ3v) is 5.32. The summed E-state index contributed by atoms with van der Waals surface area (Å²) in [6.45, 7) is -0.357. The van der Waals surface area contributed by atoms with Crippen molar-refractivity contribution < 1.29 is 26.8 Å². The third-order valence-electron chi connectivity index (χ3n) is 5.32. The first-order valence-electron chi connectivity index (χ1n) is 9.48. The molecule has 0 radical (unpaired) electrons. The van der Waals surface area contributed by atoms with Gasteiger partial charge in [-0.1, -0.05) is 18.2 Å². The minimum atomic E-state index is -4.69. The van der Waals surface area contributed by atoms with Crippen molar-refractivity contribution in [3.63, 3.8) is 0 Å². The number of alkyl halides is 3. The standard InChI is InChI=1S/C22H15F4N3O2/c23-16-5-4-12(8-13-2-1-3-17-14(13)6-7-27-17)9-15(16)20(30)29-10-18-19(11-29)31-21(28-18)22(24,25)26/h1-7,9,27H,8,10-11H2. The van der Waals surface area contributed by atoms with Gasteiger partial charge in [0, 0.05) is 17.1 Å². The van der Waals surface area contributed by atoms with E-state index in [-0.39, 0.29) is 30.1 Å². The van der Waals surface area contributed by atoms with Gasteiger partial charge in [0.25, 0.3) is 5.91 Å². The van der Waals surface area contributed by atoms with Gasteiger partial charge in [-0.3, -0.25) is 4.79 Å². The predicted octanol–water partition coefficient (Wildman–Crippen LogP) is 5.06. The smallest absolute Gasteiger partial charge is 0.436 e. The van der Waals surface area contributed by atoms with Gasteiger partial charge in [0.1, 0.15) is 17.3 Å². The molecular weight excluding hydrogens is 414 g/mol. The fraction of sp³-hybridized carbons (Fsp3) is 0.182. The van der Waals surface area contributed by atoms with E-state index < -0.39 is 23.8 Å². The number of benzene rings is 2. The Labute approximate surface area is 173 Å². The number of rotatable bonds is 3. The van der Waals surface area contributed by atoms with Crippen molar-refractivity contribution in [2.45, 2.75) is 25.7 Å². The van der Waals surface area contributed by atoms with Crippen LogP contribution in [-0.4, -0.2) is 20.8 Å². The lowest BCUT2D eigenvalue weighted by Crippen LogP contribution is -2.27. The number of halogens is 4. The number of aromatic nitrogens is 2. The minimum Gasteiger partial charge on any atom is -0.436 e. The number of hydrogen-bond donors (Lipinski definition) is 1. The van der Waals surface area contributed by atoms with Crippen molar-refractivity contribution in [1.82, 2.24) is 14.9 Å². The average molecular weight is 429 g/mol. The topological polar surface area (TPSA) is 62.1 Å². The Morgan fingerprint density at radius 2 is 2.00 bits per heavy atom. The van der Waals surface area contributed by atoms with Gasteiger partial charge in [-0.2, -0.15) is 13.2 Å². The van der Waals surface area contributed by atoms with E-state index in [9.17, 15) is 22.4 Å². The molecule has 31 heavy (non-hydrogen) atoms. The van der Waals surface area contributed by atoms with E-state index in [0.29, 0.717) is 6.42 Å². The molecule has 1 aliphatic heterocycles. The molecular formula is C22H15F4N3O2. The summed E-state index contributed by atoms with van der Waals surface area (Å²) >= 11 is 0. The molecule has 0 saturated carbocycles. The molecule has 0 saturated heterocycles. The molecule has 1 amide bonds. The zero-order valence-corrected chi connectivity index (χ0v) is 16.0. The van der Waals surface area contributed by atoms with Gasteiger partial charge >= 0.3 is 12.1 Å². The van der Waals surface area contributed by atoms with Crippen molar-refractivity contribution >= 4 is 16.8 Å². The fourth-order valence-electron chi connectivity index (χ4n) is 3.85. The second kappa shape index (κ2) is 6.97. The number of H-pyrrole nitrogens is 1. The molecule has 4 aromatic rings. The maximum absolute atomic E-state index is 14.5. The number of carbonyl (C=O) groups excluding carboxylic acids is 1. The van der Waals surface area contributed by atoms with Crippen LogP contribution < -0.4 is 0 Å². The summed E-state index contributed by atoms with van der Waals surface area (Å²) in [4.78, 5) is 20.7. The monoisotopic (exact) mass is 429 g/mol. The lowest BCUT2D eigenvalue weighted by molar-refractivity contribution is -0.157. The number of fused-ring (bicyclic) bond motifs is 2. The maximum atomic E-state index is 14.5. The molecule has 0 fully saturated rings. The van der Waals surface area contributed by atoms with Crippen molar-refractivity contribution in [3.05, 3.63) is 88.5 Å². The lowest BCUT2D eigenvalue weighted by Gasteiger charge is -2.16. The molecule has 0 unspecified atom stereocenters. The Kier molecular flexibility index (Phi) is 4.35. The predicted molar refractivity (Wildman–Crippen MR) is 103 cm³/mol. The van der Waals surface area contributed by atoms with Crippen LogP contribution in [0.1, 0.15) is 38.8 Å². The van der Waals surface area contributed by atoms with Crippen LogP contribution in [0.5, 0.6) is 0 Å². The summed E-state index contributed by atoms with van der Waals surface area (Å²) in [5, 5.41) is 1.04. The molecule has 5 rings (SSSR count). The van der Waals surface area contributed by atoms with Gasteiger partial charge in [0.05, 0.1) is 18.7 Å². The van der Waals surface area contributed by atoms with Crippen LogP contribution in [-0.2, 0) is 25.7 Å². The largest absolute Gasteiger partial charge is 0.468 e. The third kappa shape index (κ3) is 3.45. The number of hydrogen-bond acceptors (Lipinski definition) is 3. The molecule has 5 nitrogen and oxygen atoms in total. The number of carbonyl (C=O) groups is 1. The van der Waals surface area contributed by atoms with Crippen LogP contribution in [0.3, 0.4) is 0 Å². The van der Waals surface area contributed by atoms with Crippen molar-refractivity contribution in [3.8, 4) is 0 Å². The highest BCUT2D eigenvalue weighted by Gasteiger charge is 2.41. The van der Waals surface area contributed by atoms with Crippen LogP contribution in [0, 0.1) is 5.82 Å². The van der Waals surface area contributed by atoms with E-state index in [1.165, 1.54) is 17.0 Å². The highest BCUT2D eigenvalue weighted by molar-refractivity contribution is 5.95. The Hall–Kier alpha value is -3.62. The Morgan fingerprint density at radius 3 is 2.77 bits per heavy atom. The highest BCUT2D eigenvalue weighted by Crippen LogP contribution is 2.34. The van der Waals surface area contributed by atoms with Crippen LogP contribution in [0.2, 0.25) is 0 Å². The first-order valence-corrected chi connectivity index (χ1v) is 9.48. The zero-order valence-electron chi connectivity index (χ0n) is 16.0. The van der Waals surface area contributed by atoms with E-state index in [2.05, 4.69) is 9.97 Å². The van der Waals surface area contributed by atoms with Crippen LogP contribution in [0.25, 0.3) is 10.9 Å². The highest BCUT2D eigenvalue weighted by atomic mass is 19.4. The van der Waals surface area contributed by atoms with Crippen molar-refractivity contribution in [1.29, 1.82) is 0 Å². The summed E-state index contributed by atoms with van der Waals surface area (Å²) in [7, 11) is 0. The molecule has 0 aliphatic carbocycles. The Morgan fingerprint density at radius 1 is 1.16 bits per heavy atom. The molecule has 9 heteroatoms. The fourth-order valence-corrected chi connectivity index (χ4v) is 3.85. The summed E-state index contributed by atoms with van der Waals surface area (Å²) in [6.07, 6.45) is -2.36.